The Labute approximate surface area is 138 Å². The predicted molar refractivity (Wildman–Crippen MR) is 90.3 cm³/mol. The smallest absolute Gasteiger partial charge is 0.387 e. The second-order valence-electron chi connectivity index (χ2n) is 5.05. The van der Waals surface area contributed by atoms with E-state index in [2.05, 4.69) is 9.72 Å². The molecule has 0 aliphatic heterocycles. The van der Waals surface area contributed by atoms with E-state index in [1.54, 1.807) is 18.2 Å². The van der Waals surface area contributed by atoms with E-state index >= 15 is 0 Å². The molecular weight excluding hydrogens is 312 g/mol. The van der Waals surface area contributed by atoms with Crippen LogP contribution in [-0.2, 0) is 0 Å². The Morgan fingerprint density at radius 1 is 0.958 bits per heavy atom. The number of halogens is 2. The minimum Gasteiger partial charge on any atom is -0.493 e. The molecule has 3 rings (SSSR count). The molecule has 24 heavy (non-hydrogen) atoms. The third-order valence-electron chi connectivity index (χ3n) is 3.47. The molecule has 2 aromatic carbocycles. The van der Waals surface area contributed by atoms with Crippen LogP contribution in [-0.4, -0.2) is 18.7 Å². The van der Waals surface area contributed by atoms with Crippen molar-refractivity contribution < 1.29 is 18.3 Å². The van der Waals surface area contributed by atoms with Crippen LogP contribution in [0, 0.1) is 0 Å². The van der Waals surface area contributed by atoms with Crippen LogP contribution in [0.25, 0.3) is 23.1 Å². The van der Waals surface area contributed by atoms with E-state index in [1.807, 2.05) is 42.5 Å². The Hall–Kier alpha value is -2.95. The van der Waals surface area contributed by atoms with Gasteiger partial charge in [-0.15, -0.1) is 0 Å². The van der Waals surface area contributed by atoms with E-state index in [9.17, 15) is 8.78 Å². The van der Waals surface area contributed by atoms with Crippen molar-refractivity contribution in [2.24, 2.45) is 0 Å². The SMILES string of the molecule is COc1ccc(/C=C/c2ccc3ccccc3n2)cc1OC(F)F. The van der Waals surface area contributed by atoms with Gasteiger partial charge in [-0.05, 0) is 35.9 Å². The van der Waals surface area contributed by atoms with E-state index in [0.29, 0.717) is 5.56 Å². The van der Waals surface area contributed by atoms with Crippen LogP contribution in [0.4, 0.5) is 8.78 Å². The van der Waals surface area contributed by atoms with Gasteiger partial charge >= 0.3 is 6.61 Å². The van der Waals surface area contributed by atoms with E-state index in [0.717, 1.165) is 16.6 Å². The molecule has 0 aliphatic carbocycles. The quantitative estimate of drug-likeness (QED) is 0.660. The van der Waals surface area contributed by atoms with Gasteiger partial charge in [-0.1, -0.05) is 36.4 Å². The van der Waals surface area contributed by atoms with Gasteiger partial charge in [0, 0.05) is 5.39 Å². The molecule has 0 aliphatic rings. The Kier molecular flexibility index (Phi) is 4.70. The Balaban J connectivity index is 1.87. The first-order valence-electron chi connectivity index (χ1n) is 7.32. The molecule has 3 nitrogen and oxygen atoms in total. The van der Waals surface area contributed by atoms with Crippen molar-refractivity contribution in [1.82, 2.24) is 4.98 Å². The molecule has 0 fully saturated rings. The maximum atomic E-state index is 12.5. The molecule has 0 saturated carbocycles. The van der Waals surface area contributed by atoms with Crippen LogP contribution < -0.4 is 9.47 Å². The van der Waals surface area contributed by atoms with Crippen LogP contribution in [0.2, 0.25) is 0 Å². The van der Waals surface area contributed by atoms with Gasteiger partial charge in [0.2, 0.25) is 0 Å². The summed E-state index contributed by atoms with van der Waals surface area (Å²) in [5.74, 6) is 0.261. The normalized spacial score (nSPS) is 11.3. The van der Waals surface area contributed by atoms with E-state index < -0.39 is 6.61 Å². The van der Waals surface area contributed by atoms with Gasteiger partial charge < -0.3 is 9.47 Å². The fourth-order valence-corrected chi connectivity index (χ4v) is 2.34. The predicted octanol–water partition coefficient (Wildman–Crippen LogP) is 5.02. The van der Waals surface area contributed by atoms with Crippen molar-refractivity contribution in [3.63, 3.8) is 0 Å². The molecule has 122 valence electrons. The number of fused-ring (bicyclic) bond motifs is 1. The zero-order valence-electron chi connectivity index (χ0n) is 12.9. The number of ether oxygens (including phenoxy) is 2. The van der Waals surface area contributed by atoms with Gasteiger partial charge in [0.15, 0.2) is 11.5 Å². The molecule has 0 unspecified atom stereocenters. The standard InChI is InChI=1S/C19H15F2NO2/c1-23-17-11-7-13(12-18(17)24-19(20)21)6-9-15-10-8-14-4-2-3-5-16(14)22-15/h2-12,19H,1H3/b9-6+. The molecule has 0 bridgehead atoms. The summed E-state index contributed by atoms with van der Waals surface area (Å²) in [6.45, 7) is -2.90. The molecular formula is C19H15F2NO2. The monoisotopic (exact) mass is 327 g/mol. The van der Waals surface area contributed by atoms with Crippen LogP contribution in [0.3, 0.4) is 0 Å². The van der Waals surface area contributed by atoms with Crippen molar-refractivity contribution in [3.8, 4) is 11.5 Å². The van der Waals surface area contributed by atoms with Crippen LogP contribution in [0.15, 0.2) is 54.6 Å². The number of benzene rings is 2. The van der Waals surface area contributed by atoms with Crippen molar-refractivity contribution in [1.29, 1.82) is 0 Å². The highest BCUT2D eigenvalue weighted by atomic mass is 19.3. The number of hydrogen-bond acceptors (Lipinski definition) is 3. The minimum atomic E-state index is -2.90. The van der Waals surface area contributed by atoms with Gasteiger partial charge in [-0.3, -0.25) is 0 Å². The van der Waals surface area contributed by atoms with Gasteiger partial charge in [0.1, 0.15) is 0 Å². The lowest BCUT2D eigenvalue weighted by atomic mass is 10.1. The summed E-state index contributed by atoms with van der Waals surface area (Å²) in [7, 11) is 1.40. The summed E-state index contributed by atoms with van der Waals surface area (Å²) < 4.78 is 34.4. The lowest BCUT2D eigenvalue weighted by Crippen LogP contribution is -2.03. The highest BCUT2D eigenvalue weighted by Gasteiger charge is 2.10. The maximum Gasteiger partial charge on any atom is 0.387 e. The molecule has 1 heterocycles. The number of aromatic nitrogens is 1. The van der Waals surface area contributed by atoms with Crippen molar-refractivity contribution in [3.05, 3.63) is 65.9 Å². The molecule has 1 aromatic heterocycles. The average Bonchev–Trinajstić information content (AvgIpc) is 2.59. The molecule has 0 radical (unpaired) electrons. The number of hydrogen-bond donors (Lipinski definition) is 0. The summed E-state index contributed by atoms with van der Waals surface area (Å²) in [5.41, 5.74) is 2.39. The molecule has 0 atom stereocenters. The lowest BCUT2D eigenvalue weighted by Gasteiger charge is -2.10. The largest absolute Gasteiger partial charge is 0.493 e. The van der Waals surface area contributed by atoms with E-state index in [1.165, 1.54) is 13.2 Å². The van der Waals surface area contributed by atoms with Crippen molar-refractivity contribution in [2.75, 3.05) is 7.11 Å². The fourth-order valence-electron chi connectivity index (χ4n) is 2.34. The molecule has 0 spiro atoms. The molecule has 0 saturated heterocycles. The summed E-state index contributed by atoms with van der Waals surface area (Å²) in [5, 5.41) is 1.06. The summed E-state index contributed by atoms with van der Waals surface area (Å²) in [4.78, 5) is 4.53. The molecule has 3 aromatic rings. The third-order valence-corrected chi connectivity index (χ3v) is 3.47. The number of para-hydroxylation sites is 1. The first-order chi connectivity index (χ1) is 11.7. The maximum absolute atomic E-state index is 12.5. The first kappa shape index (κ1) is 15.9. The average molecular weight is 327 g/mol. The highest BCUT2D eigenvalue weighted by Crippen LogP contribution is 2.30. The van der Waals surface area contributed by atoms with Crippen LogP contribution >= 0.6 is 0 Å². The topological polar surface area (TPSA) is 31.4 Å². The molecule has 0 N–H and O–H groups in total. The summed E-state index contributed by atoms with van der Waals surface area (Å²) in [6.07, 6.45) is 3.61. The second kappa shape index (κ2) is 7.08. The van der Waals surface area contributed by atoms with Crippen LogP contribution in [0.1, 0.15) is 11.3 Å². The van der Waals surface area contributed by atoms with Gasteiger partial charge in [0.05, 0.1) is 18.3 Å². The van der Waals surface area contributed by atoms with Crippen molar-refractivity contribution in [2.45, 2.75) is 6.61 Å². The summed E-state index contributed by atoms with van der Waals surface area (Å²) >= 11 is 0. The molecule has 0 amide bonds. The third kappa shape index (κ3) is 3.68. The second-order valence-corrected chi connectivity index (χ2v) is 5.05. The Morgan fingerprint density at radius 2 is 1.79 bits per heavy atom. The molecule has 5 heteroatoms. The zero-order chi connectivity index (χ0) is 16.9. The minimum absolute atomic E-state index is 0.00104. The van der Waals surface area contributed by atoms with Crippen LogP contribution in [0.5, 0.6) is 11.5 Å². The number of methoxy groups -OCH3 is 1. The first-order valence-corrected chi connectivity index (χ1v) is 7.32. The number of alkyl halides is 2. The zero-order valence-corrected chi connectivity index (χ0v) is 12.9. The van der Waals surface area contributed by atoms with E-state index in [4.69, 9.17) is 4.74 Å². The Morgan fingerprint density at radius 3 is 2.58 bits per heavy atom. The van der Waals surface area contributed by atoms with E-state index in [-0.39, 0.29) is 11.5 Å². The van der Waals surface area contributed by atoms with Gasteiger partial charge in [-0.2, -0.15) is 8.78 Å². The van der Waals surface area contributed by atoms with Gasteiger partial charge in [-0.25, -0.2) is 4.98 Å². The number of rotatable bonds is 5. The van der Waals surface area contributed by atoms with Gasteiger partial charge in [0.25, 0.3) is 0 Å². The Bertz CT molecular complexity index is 878. The number of nitrogens with zero attached hydrogens (tertiary/aromatic N) is 1. The van der Waals surface area contributed by atoms with Crippen molar-refractivity contribution >= 4 is 23.1 Å². The lowest BCUT2D eigenvalue weighted by molar-refractivity contribution is -0.0512. The number of pyridine rings is 1. The fraction of sp³-hybridized carbons (Fsp3) is 0.105. The highest BCUT2D eigenvalue weighted by molar-refractivity contribution is 5.80. The summed E-state index contributed by atoms with van der Waals surface area (Å²) in [6, 6.07) is 16.6.